The van der Waals surface area contributed by atoms with Gasteiger partial charge in [-0.05, 0) is 73.6 Å². The van der Waals surface area contributed by atoms with Crippen LogP contribution >= 0.6 is 11.6 Å². The van der Waals surface area contributed by atoms with Gasteiger partial charge in [-0.3, -0.25) is 24.1 Å². The van der Waals surface area contributed by atoms with Crippen LogP contribution in [-0.2, 0) is 25.6 Å². The van der Waals surface area contributed by atoms with E-state index in [1.54, 1.807) is 31.2 Å². The first-order chi connectivity index (χ1) is 19.2. The number of nitrogens with zero attached hydrogens (tertiary/aromatic N) is 1. The summed E-state index contributed by atoms with van der Waals surface area (Å²) in [6.07, 6.45) is 4.67. The molecule has 0 spiro atoms. The standard InChI is InChI=1S/C32H28ClNO6/c1-4-16-5-7-18(8-6-16)34-31(38)20-10-9-19-21(27(20)32(34)39)14-22-28(24(35)11-15(2)29(22)36)26(19)17-12-23(33)30(37)25(13-17)40-3/h5-9,11-13,20-21,26-27,37H,4,10,14H2,1-3H3. The van der Waals surface area contributed by atoms with Crippen molar-refractivity contribution in [1.82, 2.24) is 0 Å². The van der Waals surface area contributed by atoms with Gasteiger partial charge in [-0.25, -0.2) is 0 Å². The fourth-order valence-electron chi connectivity index (χ4n) is 6.81. The van der Waals surface area contributed by atoms with Gasteiger partial charge < -0.3 is 9.84 Å². The molecule has 0 bridgehead atoms. The number of amides is 2. The van der Waals surface area contributed by atoms with Gasteiger partial charge in [0.1, 0.15) is 0 Å². The number of imide groups is 1. The number of ketones is 2. The van der Waals surface area contributed by atoms with Gasteiger partial charge in [0.25, 0.3) is 0 Å². The summed E-state index contributed by atoms with van der Waals surface area (Å²) in [6, 6.07) is 10.6. The molecule has 4 unspecified atom stereocenters. The molecule has 2 aromatic rings. The van der Waals surface area contributed by atoms with Crippen molar-refractivity contribution < 1.29 is 29.0 Å². The smallest absolute Gasteiger partial charge is 0.238 e. The number of hydrogen-bond acceptors (Lipinski definition) is 6. The molecule has 1 saturated heterocycles. The second kappa shape index (κ2) is 9.59. The zero-order valence-electron chi connectivity index (χ0n) is 22.4. The van der Waals surface area contributed by atoms with Crippen molar-refractivity contribution in [3.05, 3.63) is 87.0 Å². The first kappa shape index (κ1) is 26.3. The summed E-state index contributed by atoms with van der Waals surface area (Å²) >= 11 is 6.36. The molecular formula is C32H28ClNO6. The maximum absolute atomic E-state index is 14.0. The number of rotatable bonds is 4. The van der Waals surface area contributed by atoms with E-state index in [4.69, 9.17) is 16.3 Å². The number of Topliss-reactive ketones (excluding diaryl/α,β-unsaturated/α-hetero) is 1. The molecule has 1 heterocycles. The van der Waals surface area contributed by atoms with Crippen molar-refractivity contribution in [2.75, 3.05) is 12.0 Å². The van der Waals surface area contributed by atoms with Crippen LogP contribution < -0.4 is 9.64 Å². The molecule has 0 aromatic heterocycles. The molecule has 1 aliphatic heterocycles. The number of halogens is 1. The molecule has 1 N–H and O–H groups in total. The lowest BCUT2D eigenvalue weighted by molar-refractivity contribution is -0.123. The predicted molar refractivity (Wildman–Crippen MR) is 149 cm³/mol. The third kappa shape index (κ3) is 3.79. The van der Waals surface area contributed by atoms with Gasteiger partial charge in [0, 0.05) is 22.6 Å². The number of phenolic OH excluding ortho intramolecular Hbond substituents is 1. The van der Waals surface area contributed by atoms with Crippen LogP contribution in [0.4, 0.5) is 5.69 Å². The molecule has 8 heteroatoms. The highest BCUT2D eigenvalue weighted by Crippen LogP contribution is 2.56. The number of methoxy groups -OCH3 is 1. The molecule has 4 atom stereocenters. The molecular weight excluding hydrogens is 530 g/mol. The fourth-order valence-corrected chi connectivity index (χ4v) is 7.03. The van der Waals surface area contributed by atoms with E-state index < -0.39 is 23.7 Å². The summed E-state index contributed by atoms with van der Waals surface area (Å²) in [7, 11) is 1.40. The van der Waals surface area contributed by atoms with Crippen molar-refractivity contribution in [1.29, 1.82) is 0 Å². The van der Waals surface area contributed by atoms with Crippen LogP contribution in [0.2, 0.25) is 5.02 Å². The summed E-state index contributed by atoms with van der Waals surface area (Å²) in [5, 5.41) is 10.4. The highest BCUT2D eigenvalue weighted by atomic mass is 35.5. The minimum absolute atomic E-state index is 0.0445. The molecule has 4 aliphatic rings. The number of fused-ring (bicyclic) bond motifs is 3. The van der Waals surface area contributed by atoms with Crippen LogP contribution in [0, 0.1) is 17.8 Å². The SMILES string of the molecule is CCc1ccc(N2C(=O)C3CC=C4C(c5cc(Cl)c(O)c(OC)c5)C5=C(CC4C3C2=O)C(=O)C(C)=CC5=O)cc1. The highest BCUT2D eigenvalue weighted by molar-refractivity contribution is 6.32. The van der Waals surface area contributed by atoms with Gasteiger partial charge in [-0.1, -0.05) is 42.3 Å². The molecule has 1 fully saturated rings. The van der Waals surface area contributed by atoms with Crippen LogP contribution in [0.3, 0.4) is 0 Å². The van der Waals surface area contributed by atoms with E-state index in [0.29, 0.717) is 34.4 Å². The molecule has 2 amide bonds. The first-order valence-electron chi connectivity index (χ1n) is 13.4. The third-order valence-electron chi connectivity index (χ3n) is 8.77. The van der Waals surface area contributed by atoms with Crippen molar-refractivity contribution in [3.8, 4) is 11.5 Å². The maximum atomic E-state index is 14.0. The number of carbonyl (C=O) groups excluding carboxylic acids is 4. The predicted octanol–water partition coefficient (Wildman–Crippen LogP) is 5.25. The topological polar surface area (TPSA) is 101 Å². The number of aryl methyl sites for hydroxylation is 1. The number of phenols is 1. The second-order valence-corrected chi connectivity index (χ2v) is 11.2. The van der Waals surface area contributed by atoms with Crippen molar-refractivity contribution >= 4 is 40.7 Å². The van der Waals surface area contributed by atoms with E-state index in [-0.39, 0.29) is 46.3 Å². The fraction of sp³-hybridized carbons (Fsp3) is 0.312. The van der Waals surface area contributed by atoms with E-state index in [0.717, 1.165) is 17.6 Å². The van der Waals surface area contributed by atoms with Crippen LogP contribution in [0.15, 0.2) is 70.8 Å². The Bertz CT molecular complexity index is 1600. The monoisotopic (exact) mass is 557 g/mol. The largest absolute Gasteiger partial charge is 0.503 e. The third-order valence-corrected chi connectivity index (χ3v) is 9.06. The summed E-state index contributed by atoms with van der Waals surface area (Å²) < 4.78 is 5.34. The second-order valence-electron chi connectivity index (χ2n) is 10.8. The summed E-state index contributed by atoms with van der Waals surface area (Å²) in [4.78, 5) is 55.8. The quantitative estimate of drug-likeness (QED) is 0.313. The van der Waals surface area contributed by atoms with Crippen LogP contribution in [-0.4, -0.2) is 35.6 Å². The van der Waals surface area contributed by atoms with Crippen molar-refractivity contribution in [2.24, 2.45) is 17.8 Å². The number of hydrogen-bond donors (Lipinski definition) is 1. The Kier molecular flexibility index (Phi) is 6.30. The van der Waals surface area contributed by atoms with E-state index >= 15 is 0 Å². The molecule has 0 saturated carbocycles. The Hall–Kier alpha value is -3.97. The lowest BCUT2D eigenvalue weighted by Crippen LogP contribution is -2.39. The zero-order chi connectivity index (χ0) is 28.5. The molecule has 6 rings (SSSR count). The Morgan fingerprint density at radius 1 is 1.05 bits per heavy atom. The van der Waals surface area contributed by atoms with E-state index in [1.165, 1.54) is 18.1 Å². The molecule has 2 aromatic carbocycles. The summed E-state index contributed by atoms with van der Waals surface area (Å²) in [5.74, 6) is -3.50. The van der Waals surface area contributed by atoms with Crippen LogP contribution in [0.5, 0.6) is 11.5 Å². The Morgan fingerprint density at radius 3 is 2.45 bits per heavy atom. The number of ether oxygens (including phenoxy) is 1. The number of anilines is 1. The van der Waals surface area contributed by atoms with Crippen LogP contribution in [0.25, 0.3) is 0 Å². The lowest BCUT2D eigenvalue weighted by Gasteiger charge is -2.42. The first-order valence-corrected chi connectivity index (χ1v) is 13.8. The van der Waals surface area contributed by atoms with Crippen molar-refractivity contribution in [3.63, 3.8) is 0 Å². The van der Waals surface area contributed by atoms with Gasteiger partial charge in [-0.15, -0.1) is 0 Å². The molecule has 0 radical (unpaired) electrons. The van der Waals surface area contributed by atoms with E-state index in [1.807, 2.05) is 25.1 Å². The minimum Gasteiger partial charge on any atom is -0.503 e. The molecule has 40 heavy (non-hydrogen) atoms. The van der Waals surface area contributed by atoms with Gasteiger partial charge in [0.05, 0.1) is 29.7 Å². The van der Waals surface area contributed by atoms with Gasteiger partial charge in [-0.2, -0.15) is 0 Å². The number of benzene rings is 2. The molecule has 3 aliphatic carbocycles. The van der Waals surface area contributed by atoms with Gasteiger partial charge >= 0.3 is 0 Å². The lowest BCUT2D eigenvalue weighted by atomic mass is 9.59. The summed E-state index contributed by atoms with van der Waals surface area (Å²) in [5.41, 5.74) is 4.08. The maximum Gasteiger partial charge on any atom is 0.238 e. The Labute approximate surface area is 236 Å². The van der Waals surface area contributed by atoms with E-state index in [9.17, 15) is 24.3 Å². The molecule has 7 nitrogen and oxygen atoms in total. The average molecular weight is 558 g/mol. The highest BCUT2D eigenvalue weighted by Gasteiger charge is 2.56. The minimum atomic E-state index is -0.678. The Balaban J connectivity index is 1.49. The number of carbonyl (C=O) groups is 4. The Morgan fingerprint density at radius 2 is 1.77 bits per heavy atom. The average Bonchev–Trinajstić information content (AvgIpc) is 3.21. The van der Waals surface area contributed by atoms with Crippen LogP contribution in [0.1, 0.15) is 43.7 Å². The normalized spacial score (nSPS) is 25.9. The van der Waals surface area contributed by atoms with Gasteiger partial charge in [0.2, 0.25) is 11.8 Å². The summed E-state index contributed by atoms with van der Waals surface area (Å²) in [6.45, 7) is 3.65. The number of allylic oxidation sites excluding steroid dienone is 6. The van der Waals surface area contributed by atoms with Gasteiger partial charge in [0.15, 0.2) is 23.1 Å². The zero-order valence-corrected chi connectivity index (χ0v) is 23.1. The van der Waals surface area contributed by atoms with Crippen molar-refractivity contribution in [2.45, 2.75) is 39.0 Å². The number of aromatic hydroxyl groups is 1. The van der Waals surface area contributed by atoms with E-state index in [2.05, 4.69) is 0 Å². The molecule has 204 valence electrons.